The Hall–Kier alpha value is -1.23. The van der Waals surface area contributed by atoms with Crippen LogP contribution in [0.5, 0.6) is 0 Å². The monoisotopic (exact) mass is 254 g/mol. The zero-order chi connectivity index (χ0) is 12.5. The maximum absolute atomic E-state index is 10.6. The Balaban J connectivity index is 2.33. The summed E-state index contributed by atoms with van der Waals surface area (Å²) >= 11 is 0. The van der Waals surface area contributed by atoms with E-state index < -0.39 is 14.1 Å². The number of benzene rings is 2. The average Bonchev–Trinajstić information content (AvgIpc) is 2.26. The summed E-state index contributed by atoms with van der Waals surface area (Å²) in [4.78, 5) is 17.2. The van der Waals surface area contributed by atoms with Crippen molar-refractivity contribution in [2.75, 3.05) is 0 Å². The summed E-state index contributed by atoms with van der Waals surface area (Å²) in [5.41, 5.74) is 0.298. The fourth-order valence-electron chi connectivity index (χ4n) is 1.55. The van der Waals surface area contributed by atoms with E-state index in [1.54, 1.807) is 18.2 Å². The molecule has 1 unspecified atom stereocenters. The first-order chi connectivity index (χ1) is 7.96. The highest BCUT2D eigenvalue weighted by molar-refractivity contribution is 7.46. The summed E-state index contributed by atoms with van der Waals surface area (Å²) < 4.78 is 14.8. The van der Waals surface area contributed by atoms with E-state index in [-0.39, 0.29) is 0 Å². The van der Waals surface area contributed by atoms with Crippen molar-refractivity contribution in [3.63, 3.8) is 0 Å². The van der Waals surface area contributed by atoms with Crippen LogP contribution in [0.15, 0.2) is 42.5 Å². The van der Waals surface area contributed by atoms with Gasteiger partial charge in [-0.15, -0.1) is 0 Å². The third-order valence-corrected chi connectivity index (χ3v) is 2.77. The summed E-state index contributed by atoms with van der Waals surface area (Å²) in [5, 5.41) is 11.3. The Labute approximate surface area is 97.5 Å². The number of phosphoric ester groups is 1. The molecule has 0 heterocycles. The maximum Gasteiger partial charge on any atom is 0.472 e. The first-order valence-corrected chi connectivity index (χ1v) is 6.39. The molecule has 17 heavy (non-hydrogen) atoms. The quantitative estimate of drug-likeness (QED) is 0.575. The largest absolute Gasteiger partial charge is 0.472 e. The second kappa shape index (κ2) is 4.56. The molecular weight excluding hydrogens is 243 g/mol. The Bertz CT molecular complexity index is 577. The topological polar surface area (TPSA) is 87.0 Å². The minimum Gasteiger partial charge on any atom is -0.364 e. The van der Waals surface area contributed by atoms with Gasteiger partial charge in [-0.2, -0.15) is 0 Å². The molecule has 2 aromatic carbocycles. The summed E-state index contributed by atoms with van der Waals surface area (Å²) in [7, 11) is -4.70. The third kappa shape index (κ3) is 3.12. The molecule has 3 N–H and O–H groups in total. The molecule has 0 aliphatic heterocycles. The molecule has 0 saturated carbocycles. The van der Waals surface area contributed by atoms with E-state index in [0.29, 0.717) is 5.56 Å². The second-order valence-corrected chi connectivity index (χ2v) is 4.75. The number of rotatable bonds is 3. The Kier molecular flexibility index (Phi) is 3.28. The van der Waals surface area contributed by atoms with E-state index in [2.05, 4.69) is 4.52 Å². The molecule has 0 amide bonds. The molecule has 0 fully saturated rings. The van der Waals surface area contributed by atoms with E-state index >= 15 is 0 Å². The lowest BCUT2D eigenvalue weighted by molar-refractivity contribution is -0.0387. The number of hydrogen-bond donors (Lipinski definition) is 3. The van der Waals surface area contributed by atoms with Gasteiger partial charge in [-0.05, 0) is 16.8 Å². The van der Waals surface area contributed by atoms with Gasteiger partial charge in [0.2, 0.25) is 0 Å². The van der Waals surface area contributed by atoms with Crippen molar-refractivity contribution in [3.8, 4) is 0 Å². The van der Waals surface area contributed by atoms with Gasteiger partial charge < -0.3 is 14.9 Å². The van der Waals surface area contributed by atoms with Crippen LogP contribution in [0.25, 0.3) is 10.8 Å². The van der Waals surface area contributed by atoms with Crippen LogP contribution in [0.3, 0.4) is 0 Å². The molecule has 0 spiro atoms. The number of hydrogen-bond acceptors (Lipinski definition) is 3. The van der Waals surface area contributed by atoms with E-state index in [0.717, 1.165) is 10.8 Å². The lowest BCUT2D eigenvalue weighted by atomic mass is 10.1. The number of fused-ring (bicyclic) bond motifs is 1. The first kappa shape index (κ1) is 12.2. The van der Waals surface area contributed by atoms with Gasteiger partial charge in [0, 0.05) is 5.56 Å². The highest BCUT2D eigenvalue weighted by Crippen LogP contribution is 2.41. The van der Waals surface area contributed by atoms with Crippen LogP contribution in [0, 0.1) is 0 Å². The lowest BCUT2D eigenvalue weighted by Crippen LogP contribution is -2.01. The fraction of sp³-hybridized carbons (Fsp3) is 0.0909. The maximum atomic E-state index is 10.6. The van der Waals surface area contributed by atoms with Crippen LogP contribution in [0.4, 0.5) is 0 Å². The van der Waals surface area contributed by atoms with Gasteiger partial charge in [-0.1, -0.05) is 36.4 Å². The Morgan fingerprint density at radius 2 is 1.71 bits per heavy atom. The van der Waals surface area contributed by atoms with Crippen LogP contribution in [0.2, 0.25) is 0 Å². The molecule has 0 bridgehead atoms. The Morgan fingerprint density at radius 1 is 1.06 bits per heavy atom. The van der Waals surface area contributed by atoms with Gasteiger partial charge in [0.05, 0.1) is 0 Å². The number of aliphatic hydroxyl groups excluding tert-OH is 1. The minimum absolute atomic E-state index is 0.298. The minimum atomic E-state index is -4.70. The van der Waals surface area contributed by atoms with Crippen molar-refractivity contribution in [3.05, 3.63) is 48.0 Å². The molecule has 0 aliphatic rings. The smallest absolute Gasteiger partial charge is 0.364 e. The third-order valence-electron chi connectivity index (χ3n) is 2.30. The normalized spacial score (nSPS) is 13.8. The highest BCUT2D eigenvalue weighted by Gasteiger charge is 2.21. The number of aliphatic hydroxyl groups is 1. The molecule has 0 aliphatic carbocycles. The van der Waals surface area contributed by atoms with Crippen molar-refractivity contribution in [1.82, 2.24) is 0 Å². The summed E-state index contributed by atoms with van der Waals surface area (Å²) in [5.74, 6) is 0. The fourth-order valence-corrected chi connectivity index (χ4v) is 1.93. The van der Waals surface area contributed by atoms with Gasteiger partial charge in [0.25, 0.3) is 0 Å². The van der Waals surface area contributed by atoms with E-state index in [1.807, 2.05) is 24.3 Å². The molecule has 0 aromatic heterocycles. The molecule has 0 saturated heterocycles. The molecule has 5 nitrogen and oxygen atoms in total. The van der Waals surface area contributed by atoms with Crippen LogP contribution in [0.1, 0.15) is 11.9 Å². The van der Waals surface area contributed by atoms with Crippen molar-refractivity contribution >= 4 is 18.6 Å². The van der Waals surface area contributed by atoms with Gasteiger partial charge in [-0.25, -0.2) is 4.57 Å². The van der Waals surface area contributed by atoms with Crippen molar-refractivity contribution in [1.29, 1.82) is 0 Å². The first-order valence-electron chi connectivity index (χ1n) is 4.86. The highest BCUT2D eigenvalue weighted by atomic mass is 31.2. The molecule has 90 valence electrons. The summed E-state index contributed by atoms with van der Waals surface area (Å²) in [6.45, 7) is 0. The van der Waals surface area contributed by atoms with Gasteiger partial charge in [0.1, 0.15) is 0 Å². The van der Waals surface area contributed by atoms with Gasteiger partial charge in [-0.3, -0.25) is 4.52 Å². The molecular formula is C11H11O5P. The summed E-state index contributed by atoms with van der Waals surface area (Å²) in [6, 6.07) is 12.4. The van der Waals surface area contributed by atoms with Crippen molar-refractivity contribution in [2.45, 2.75) is 6.29 Å². The molecule has 0 radical (unpaired) electrons. The molecule has 1 atom stereocenters. The van der Waals surface area contributed by atoms with Crippen LogP contribution >= 0.6 is 7.82 Å². The van der Waals surface area contributed by atoms with Gasteiger partial charge in [0.15, 0.2) is 6.29 Å². The zero-order valence-corrected chi connectivity index (χ0v) is 9.62. The van der Waals surface area contributed by atoms with Crippen LogP contribution < -0.4 is 0 Å². The molecule has 2 rings (SSSR count). The zero-order valence-electron chi connectivity index (χ0n) is 8.72. The van der Waals surface area contributed by atoms with Crippen molar-refractivity contribution < 1.29 is 24.0 Å². The predicted molar refractivity (Wildman–Crippen MR) is 62.0 cm³/mol. The summed E-state index contributed by atoms with van der Waals surface area (Å²) in [6.07, 6.45) is -1.64. The average molecular weight is 254 g/mol. The van der Waals surface area contributed by atoms with E-state index in [4.69, 9.17) is 9.79 Å². The predicted octanol–water partition coefficient (Wildman–Crippen LogP) is 1.94. The second-order valence-electron chi connectivity index (χ2n) is 3.55. The molecule has 2 aromatic rings. The van der Waals surface area contributed by atoms with E-state index in [1.165, 1.54) is 0 Å². The lowest BCUT2D eigenvalue weighted by Gasteiger charge is -2.13. The van der Waals surface area contributed by atoms with Crippen LogP contribution in [-0.4, -0.2) is 14.9 Å². The van der Waals surface area contributed by atoms with Crippen molar-refractivity contribution in [2.24, 2.45) is 0 Å². The van der Waals surface area contributed by atoms with E-state index in [9.17, 15) is 9.67 Å². The van der Waals surface area contributed by atoms with Gasteiger partial charge >= 0.3 is 7.82 Å². The van der Waals surface area contributed by atoms with Crippen LogP contribution in [-0.2, 0) is 9.09 Å². The standard InChI is InChI=1S/C11H11O5P/c12-11(16-17(13,14)15)10-6-5-8-3-1-2-4-9(8)7-10/h1-7,11-12H,(H2,13,14,15). The molecule has 6 heteroatoms. The SMILES string of the molecule is O=P(O)(O)OC(O)c1ccc2ccccc2c1. The Morgan fingerprint density at radius 3 is 2.35 bits per heavy atom. The number of phosphoric acid groups is 1.